The lowest BCUT2D eigenvalue weighted by atomic mass is 9.98. The van der Waals surface area contributed by atoms with Crippen LogP contribution in [0.25, 0.3) is 37.9 Å². The second-order valence-electron chi connectivity index (χ2n) is 27.6. The quantitative estimate of drug-likeness (QED) is 0.0179. The van der Waals surface area contributed by atoms with Crippen LogP contribution in [-0.4, -0.2) is 167 Å². The number of halogens is 7. The van der Waals surface area contributed by atoms with Crippen LogP contribution in [0.5, 0.6) is 0 Å². The van der Waals surface area contributed by atoms with E-state index < -0.39 is 81.5 Å². The number of carboxylic acids is 3. The number of rotatable bonds is 13. The summed E-state index contributed by atoms with van der Waals surface area (Å²) in [7, 11) is 0. The fourth-order valence-corrected chi connectivity index (χ4v) is 14.0. The number of alkyl halides is 3. The number of amides is 4. The molecule has 29 nitrogen and oxygen atoms in total. The third-order valence-corrected chi connectivity index (χ3v) is 20.3. The maximum absolute atomic E-state index is 15.4. The van der Waals surface area contributed by atoms with Crippen molar-refractivity contribution in [2.45, 2.75) is 101 Å². The van der Waals surface area contributed by atoms with Crippen LogP contribution < -0.4 is 37.1 Å². The summed E-state index contributed by atoms with van der Waals surface area (Å²) in [5, 5.41) is 49.7. The van der Waals surface area contributed by atoms with Crippen LogP contribution in [0.4, 0.5) is 38.0 Å². The van der Waals surface area contributed by atoms with Crippen molar-refractivity contribution < 1.29 is 80.0 Å². The first-order valence-electron chi connectivity index (χ1n) is 35.8. The van der Waals surface area contributed by atoms with Crippen molar-refractivity contribution in [3.63, 3.8) is 0 Å². The Morgan fingerprint density at radius 3 is 1.27 bits per heavy atom. The van der Waals surface area contributed by atoms with E-state index in [2.05, 4.69) is 37.3 Å². The number of anilines is 2. The highest BCUT2D eigenvalue weighted by atomic mass is 35.5. The molecule has 586 valence electrons. The highest BCUT2D eigenvalue weighted by Gasteiger charge is 2.39. The highest BCUT2D eigenvalue weighted by Crippen LogP contribution is 2.41. The number of aldehydes is 1. The van der Waals surface area contributed by atoms with Gasteiger partial charge in [-0.25, -0.2) is 47.4 Å². The third-order valence-electron chi connectivity index (χ3n) is 20.0. The Morgan fingerprint density at radius 1 is 0.579 bits per heavy atom. The lowest BCUT2D eigenvalue weighted by Crippen LogP contribution is -2.36. The SMILES string of the molecule is N#C/C(CN)=C1/CCCN(c2nc3c(cc2F)c(=O)c(C(=O)O)cn3C2CC2)C1.N#C/C(CN1C(=O)c2ccccc2C1=O)=C1/CCCN(c2nc3c(cc2F)c(=O)c(C(=O)O)cn3C2CC2)C1.O=C(O)c1cn(C2CC2)c2nc(Cl)c(F)cc2c1=O.O=CC(F)(F)F.[C-]#[N+]/C(CN1C(=O)c2ccccc2C1=O)=C1/CCCNC1. The predicted octanol–water partition coefficient (Wildman–Crippen LogP) is 10.0. The van der Waals surface area contributed by atoms with E-state index in [9.17, 15) is 90.6 Å². The molecule has 0 atom stereocenters. The van der Waals surface area contributed by atoms with Gasteiger partial charge in [0.25, 0.3) is 23.6 Å². The Bertz CT molecular complexity index is 5770. The smallest absolute Gasteiger partial charge is 0.446 e. The third kappa shape index (κ3) is 16.9. The first-order valence-corrected chi connectivity index (χ1v) is 36.1. The lowest BCUT2D eigenvalue weighted by molar-refractivity contribution is -0.156. The van der Waals surface area contributed by atoms with Gasteiger partial charge in [0.05, 0.1) is 75.8 Å². The molecule has 5 aliphatic heterocycles. The predicted molar refractivity (Wildman–Crippen MR) is 397 cm³/mol. The van der Waals surface area contributed by atoms with Crippen LogP contribution in [0, 0.1) is 46.7 Å². The van der Waals surface area contributed by atoms with Crippen molar-refractivity contribution in [3.05, 3.63) is 223 Å². The van der Waals surface area contributed by atoms with Crippen molar-refractivity contribution >= 4 is 104 Å². The van der Waals surface area contributed by atoms with Gasteiger partial charge in [0.1, 0.15) is 33.6 Å². The molecule has 2 aromatic carbocycles. The molecular formula is C78H66ClF6N15O14. The molecule has 3 saturated carbocycles. The topological polar surface area (TPSA) is 405 Å². The molecule has 4 amide bonds. The van der Waals surface area contributed by atoms with Gasteiger partial charge in [-0.15, -0.1) is 0 Å². The summed E-state index contributed by atoms with van der Waals surface area (Å²) >= 11 is 5.62. The minimum absolute atomic E-state index is 0.00500. The molecule has 3 saturated heterocycles. The number of nitrogens with two attached hydrogens (primary N) is 1. The fraction of sp³-hybridized carbons (Fsp3) is 0.321. The molecule has 6 aromatic heterocycles. The van der Waals surface area contributed by atoms with E-state index in [0.29, 0.717) is 78.1 Å². The van der Waals surface area contributed by atoms with Crippen molar-refractivity contribution in [2.75, 3.05) is 68.7 Å². The van der Waals surface area contributed by atoms with Crippen molar-refractivity contribution in [2.24, 2.45) is 5.73 Å². The van der Waals surface area contributed by atoms with Crippen LogP contribution in [0.15, 0.2) is 133 Å². The molecule has 114 heavy (non-hydrogen) atoms. The maximum Gasteiger partial charge on any atom is 0.446 e. The molecule has 36 heteroatoms. The summed E-state index contributed by atoms with van der Waals surface area (Å²) in [6.07, 6.45) is 7.57. The number of hydrogen-bond acceptors (Lipinski definition) is 20. The molecule has 3 aliphatic carbocycles. The molecule has 0 bridgehead atoms. The Balaban J connectivity index is 0.000000142. The van der Waals surface area contributed by atoms with Gasteiger partial charge in [-0.3, -0.25) is 48.2 Å². The first-order chi connectivity index (χ1) is 54.5. The molecule has 0 radical (unpaired) electrons. The maximum atomic E-state index is 15.4. The monoisotopic (exact) mass is 1590 g/mol. The van der Waals surface area contributed by atoms with Gasteiger partial charge in [0, 0.05) is 81.6 Å². The number of imide groups is 2. The summed E-state index contributed by atoms with van der Waals surface area (Å²) in [6.45, 7) is 10.5. The molecule has 8 aliphatic rings. The summed E-state index contributed by atoms with van der Waals surface area (Å²) in [5.41, 5.74) is 8.15. The summed E-state index contributed by atoms with van der Waals surface area (Å²) in [6, 6.07) is 20.7. The van der Waals surface area contributed by atoms with E-state index in [-0.39, 0.29) is 123 Å². The van der Waals surface area contributed by atoms with Gasteiger partial charge in [0.2, 0.25) is 22.6 Å². The van der Waals surface area contributed by atoms with Crippen LogP contribution in [0.3, 0.4) is 0 Å². The van der Waals surface area contributed by atoms with E-state index in [1.54, 1.807) is 72.0 Å². The number of nitriles is 2. The van der Waals surface area contributed by atoms with Crippen LogP contribution in [0.2, 0.25) is 5.15 Å². The molecule has 0 spiro atoms. The number of carbonyl (C=O) groups is 8. The fourth-order valence-electron chi connectivity index (χ4n) is 13.9. The number of carboxylic acid groups (broad SMARTS) is 3. The van der Waals surface area contributed by atoms with Crippen molar-refractivity contribution in [1.29, 1.82) is 10.5 Å². The van der Waals surface area contributed by atoms with Crippen molar-refractivity contribution in [1.82, 2.24) is 43.8 Å². The minimum Gasteiger partial charge on any atom is -0.477 e. The van der Waals surface area contributed by atoms with Crippen molar-refractivity contribution in [3.8, 4) is 12.1 Å². The van der Waals surface area contributed by atoms with Gasteiger partial charge >= 0.3 is 24.1 Å². The molecule has 16 rings (SSSR count). The summed E-state index contributed by atoms with van der Waals surface area (Å²) < 4.78 is 79.9. The Kier molecular flexibility index (Phi) is 23.6. The highest BCUT2D eigenvalue weighted by molar-refractivity contribution is 6.30. The number of hydrogen-bond donors (Lipinski definition) is 5. The number of aromatic carboxylic acids is 3. The second kappa shape index (κ2) is 33.5. The number of piperidine rings is 3. The number of nitrogens with one attached hydrogen (secondary N) is 1. The Hall–Kier alpha value is -13.0. The van der Waals surface area contributed by atoms with E-state index in [4.69, 9.17) is 33.8 Å². The molecule has 6 fully saturated rings. The van der Waals surface area contributed by atoms with Crippen LogP contribution in [0.1, 0.15) is 168 Å². The van der Waals surface area contributed by atoms with E-state index >= 15 is 4.39 Å². The average Bonchev–Trinajstić information content (AvgIpc) is 1.38. The molecule has 6 N–H and O–H groups in total. The van der Waals surface area contributed by atoms with E-state index in [1.165, 1.54) is 23.5 Å². The molecule has 0 unspecified atom stereocenters. The molecule has 11 heterocycles. The zero-order valence-corrected chi connectivity index (χ0v) is 60.9. The number of aromatic nitrogens is 6. The normalized spacial score (nSPS) is 17.8. The summed E-state index contributed by atoms with van der Waals surface area (Å²) in [5.74, 6) is -7.79. The Labute approximate surface area is 646 Å². The van der Waals surface area contributed by atoms with Gasteiger partial charge in [-0.1, -0.05) is 41.4 Å². The zero-order chi connectivity index (χ0) is 81.9. The van der Waals surface area contributed by atoms with Crippen LogP contribution in [-0.2, 0) is 4.79 Å². The van der Waals surface area contributed by atoms with Gasteiger partial charge in [0.15, 0.2) is 39.9 Å². The number of carbonyl (C=O) groups excluding carboxylic acids is 5. The summed E-state index contributed by atoms with van der Waals surface area (Å²) in [4.78, 5) is 152. The number of fused-ring (bicyclic) bond motifs is 5. The number of benzene rings is 2. The average molecular weight is 1590 g/mol. The van der Waals surface area contributed by atoms with E-state index in [1.807, 2.05) is 0 Å². The largest absolute Gasteiger partial charge is 0.477 e. The van der Waals surface area contributed by atoms with Gasteiger partial charge < -0.3 is 49.9 Å². The second-order valence-corrected chi connectivity index (χ2v) is 28.0. The van der Waals surface area contributed by atoms with Gasteiger partial charge in [-0.05, 0) is 137 Å². The Morgan fingerprint density at radius 2 is 0.939 bits per heavy atom. The standard InChI is InChI=1S/C28H22FN5O5.C20H20FN5O3.C16H15N3O2.C12H8ClFN2O3.C2HF3O/c29-22-10-20-23(35)21(28(38)39)14-33(17-7-8-17)24(20)31-25(22)32-9-3-4-15(12-32)16(11-30)13-34-26(36)18-5-1-2-6-19(18)27(34)37;21-16-6-14-17(27)15(20(28)29)10-26(13-3-4-13)18(14)24-19(16)25-5-1-2-11(9-25)12(7-22)8-23;1-17-14(11-5-4-8-18-9-11)10-19-15(20)12-6-2-3-7-13(12)16(19)21;13-10-8(14)3-6-9(17)7(12(18)19)4-16(5-1-2-5)11(6)15-10;3-2(4,5)1-6/h1-2,5-6,10,14,17H,3-4,7-9,12-13H2,(H,38,39);6,10,13H,1-5,7,9,22H2,(H,28,29);2-3,6-7,18H,4-5,8-10H2;3-5H,1-2H2,(H,18,19);1H/b16-15+;12-11-;14-11-;;. The molecular weight excluding hydrogens is 1520 g/mol. The number of nitrogens with zero attached hydrogens (tertiary/aromatic N) is 13. The van der Waals surface area contributed by atoms with Crippen LogP contribution >= 0.6 is 11.6 Å². The lowest BCUT2D eigenvalue weighted by Gasteiger charge is -2.31. The number of pyridine rings is 6. The first kappa shape index (κ1) is 80.5. The molecule has 8 aromatic rings. The van der Waals surface area contributed by atoms with Gasteiger partial charge in [-0.2, -0.15) is 23.7 Å². The van der Waals surface area contributed by atoms with E-state index in [0.717, 1.165) is 105 Å². The zero-order valence-electron chi connectivity index (χ0n) is 60.1. The minimum atomic E-state index is -4.64.